The Hall–Kier alpha value is -1.46. The highest BCUT2D eigenvalue weighted by Crippen LogP contribution is 2.19. The summed E-state index contributed by atoms with van der Waals surface area (Å²) in [7, 11) is 0. The van der Waals surface area contributed by atoms with E-state index in [0.717, 1.165) is 25.9 Å². The van der Waals surface area contributed by atoms with E-state index in [0.29, 0.717) is 18.9 Å². The van der Waals surface area contributed by atoms with Crippen molar-refractivity contribution in [2.24, 2.45) is 11.7 Å². The number of likely N-dealkylation sites (tertiary alicyclic amines) is 1. The number of nitrogens with zero attached hydrogens (tertiary/aromatic N) is 1. The van der Waals surface area contributed by atoms with E-state index < -0.39 is 5.82 Å². The highest BCUT2D eigenvalue weighted by molar-refractivity contribution is 5.90. The minimum absolute atomic E-state index is 0.144. The Morgan fingerprint density at radius 1 is 1.43 bits per heavy atom. The number of carbonyl (C=O) groups excluding carboxylic acids is 1. The highest BCUT2D eigenvalue weighted by atomic mass is 19.1. The number of hydrogen-bond acceptors (Lipinski definition) is 3. The van der Waals surface area contributed by atoms with Crippen LogP contribution < -0.4 is 11.1 Å². The zero-order valence-corrected chi connectivity index (χ0v) is 12.5. The Balaban J connectivity index is 1.72. The van der Waals surface area contributed by atoms with Crippen LogP contribution in [0.3, 0.4) is 0 Å². The number of piperidine rings is 1. The lowest BCUT2D eigenvalue weighted by molar-refractivity contribution is -0.116. The number of anilines is 1. The molecule has 3 N–H and O–H groups in total. The van der Waals surface area contributed by atoms with Gasteiger partial charge in [-0.2, -0.15) is 0 Å². The van der Waals surface area contributed by atoms with Gasteiger partial charge in [0, 0.05) is 19.0 Å². The molecule has 0 aromatic heterocycles. The molecular weight excluding hydrogens is 269 g/mol. The molecule has 0 aliphatic carbocycles. The van der Waals surface area contributed by atoms with Gasteiger partial charge in [0.2, 0.25) is 5.91 Å². The van der Waals surface area contributed by atoms with Crippen molar-refractivity contribution in [2.45, 2.75) is 32.2 Å². The molecule has 2 rings (SSSR count). The molecule has 5 heteroatoms. The van der Waals surface area contributed by atoms with Gasteiger partial charge in [-0.05, 0) is 50.9 Å². The van der Waals surface area contributed by atoms with Crippen LogP contribution in [0.5, 0.6) is 0 Å². The second kappa shape index (κ2) is 7.52. The number of para-hydroxylation sites is 1. The van der Waals surface area contributed by atoms with Gasteiger partial charge in [-0.1, -0.05) is 12.1 Å². The number of benzene rings is 1. The Morgan fingerprint density at radius 3 is 2.71 bits per heavy atom. The van der Waals surface area contributed by atoms with Crippen LogP contribution in [0.2, 0.25) is 0 Å². The molecule has 1 unspecified atom stereocenters. The smallest absolute Gasteiger partial charge is 0.225 e. The summed E-state index contributed by atoms with van der Waals surface area (Å²) >= 11 is 0. The molecule has 21 heavy (non-hydrogen) atoms. The van der Waals surface area contributed by atoms with Crippen LogP contribution in [-0.2, 0) is 4.79 Å². The first-order valence-electron chi connectivity index (χ1n) is 7.58. The maximum atomic E-state index is 13.4. The quantitative estimate of drug-likeness (QED) is 0.875. The summed E-state index contributed by atoms with van der Waals surface area (Å²) in [5.41, 5.74) is 6.17. The fourth-order valence-corrected chi connectivity index (χ4v) is 2.74. The zero-order chi connectivity index (χ0) is 15.2. The molecule has 0 saturated carbocycles. The standard InChI is InChI=1S/C16H24FN3O/c1-12(18)13-6-9-20(10-7-13)11-8-16(21)19-15-5-3-2-4-14(15)17/h2-5,12-13H,6-11,18H2,1H3,(H,19,21). The van der Waals surface area contributed by atoms with Crippen LogP contribution in [-0.4, -0.2) is 36.5 Å². The van der Waals surface area contributed by atoms with Crippen molar-refractivity contribution in [2.75, 3.05) is 25.0 Å². The summed E-state index contributed by atoms with van der Waals surface area (Å²) < 4.78 is 13.4. The van der Waals surface area contributed by atoms with Crippen LogP contribution in [0.25, 0.3) is 0 Å². The molecule has 1 atom stereocenters. The molecule has 0 bridgehead atoms. The molecule has 1 fully saturated rings. The van der Waals surface area contributed by atoms with E-state index in [1.165, 1.54) is 6.07 Å². The average molecular weight is 293 g/mol. The molecule has 1 amide bonds. The number of rotatable bonds is 5. The van der Waals surface area contributed by atoms with E-state index in [4.69, 9.17) is 5.73 Å². The molecule has 1 saturated heterocycles. The van der Waals surface area contributed by atoms with Crippen molar-refractivity contribution in [3.63, 3.8) is 0 Å². The van der Waals surface area contributed by atoms with Crippen molar-refractivity contribution < 1.29 is 9.18 Å². The summed E-state index contributed by atoms with van der Waals surface area (Å²) in [6.07, 6.45) is 2.57. The molecule has 1 aliphatic heterocycles. The topological polar surface area (TPSA) is 58.4 Å². The summed E-state index contributed by atoms with van der Waals surface area (Å²) in [4.78, 5) is 14.1. The monoisotopic (exact) mass is 293 g/mol. The largest absolute Gasteiger partial charge is 0.328 e. The van der Waals surface area contributed by atoms with Crippen LogP contribution in [0.15, 0.2) is 24.3 Å². The van der Waals surface area contributed by atoms with Gasteiger partial charge in [0.25, 0.3) is 0 Å². The lowest BCUT2D eigenvalue weighted by Gasteiger charge is -2.33. The molecule has 1 heterocycles. The van der Waals surface area contributed by atoms with Gasteiger partial charge in [0.05, 0.1) is 5.69 Å². The minimum Gasteiger partial charge on any atom is -0.328 e. The number of nitrogens with two attached hydrogens (primary N) is 1. The van der Waals surface area contributed by atoms with Gasteiger partial charge in [0.15, 0.2) is 0 Å². The Morgan fingerprint density at radius 2 is 2.10 bits per heavy atom. The summed E-state index contributed by atoms with van der Waals surface area (Å²) in [6.45, 7) is 4.74. The first kappa shape index (κ1) is 15.9. The van der Waals surface area contributed by atoms with E-state index >= 15 is 0 Å². The Kier molecular flexibility index (Phi) is 5.70. The average Bonchev–Trinajstić information content (AvgIpc) is 2.48. The Bertz CT molecular complexity index is 470. The van der Waals surface area contributed by atoms with Crippen molar-refractivity contribution in [1.29, 1.82) is 0 Å². The fourth-order valence-electron chi connectivity index (χ4n) is 2.74. The zero-order valence-electron chi connectivity index (χ0n) is 12.5. The molecule has 116 valence electrons. The fraction of sp³-hybridized carbons (Fsp3) is 0.562. The van der Waals surface area contributed by atoms with Gasteiger partial charge in [0.1, 0.15) is 5.82 Å². The van der Waals surface area contributed by atoms with Crippen molar-refractivity contribution in [1.82, 2.24) is 4.90 Å². The van der Waals surface area contributed by atoms with Crippen LogP contribution in [0.1, 0.15) is 26.2 Å². The second-order valence-corrected chi connectivity index (χ2v) is 5.82. The van der Waals surface area contributed by atoms with E-state index in [1.54, 1.807) is 18.2 Å². The van der Waals surface area contributed by atoms with Crippen molar-refractivity contribution in [3.05, 3.63) is 30.1 Å². The second-order valence-electron chi connectivity index (χ2n) is 5.82. The van der Waals surface area contributed by atoms with Crippen LogP contribution in [0, 0.1) is 11.7 Å². The maximum absolute atomic E-state index is 13.4. The predicted molar refractivity (Wildman–Crippen MR) is 82.5 cm³/mol. The van der Waals surface area contributed by atoms with Crippen molar-refractivity contribution in [3.8, 4) is 0 Å². The van der Waals surface area contributed by atoms with E-state index in [9.17, 15) is 9.18 Å². The number of halogens is 1. The number of hydrogen-bond donors (Lipinski definition) is 2. The van der Waals surface area contributed by atoms with Gasteiger partial charge in [-0.15, -0.1) is 0 Å². The predicted octanol–water partition coefficient (Wildman–Crippen LogP) is 2.21. The molecule has 0 spiro atoms. The Labute approximate surface area is 125 Å². The number of carbonyl (C=O) groups is 1. The number of nitrogens with one attached hydrogen (secondary N) is 1. The first-order valence-corrected chi connectivity index (χ1v) is 7.58. The summed E-state index contributed by atoms with van der Waals surface area (Å²) in [6, 6.07) is 6.47. The lowest BCUT2D eigenvalue weighted by atomic mass is 9.91. The molecule has 4 nitrogen and oxygen atoms in total. The normalized spacial score (nSPS) is 18.4. The van der Waals surface area contributed by atoms with E-state index in [2.05, 4.69) is 17.1 Å². The highest BCUT2D eigenvalue weighted by Gasteiger charge is 2.22. The van der Waals surface area contributed by atoms with Crippen molar-refractivity contribution >= 4 is 11.6 Å². The summed E-state index contributed by atoms with van der Waals surface area (Å²) in [5, 5.41) is 2.62. The molecule has 1 aliphatic rings. The first-order chi connectivity index (χ1) is 10.1. The maximum Gasteiger partial charge on any atom is 0.225 e. The third-order valence-corrected chi connectivity index (χ3v) is 4.18. The minimum atomic E-state index is -0.399. The third kappa shape index (κ3) is 4.79. The van der Waals surface area contributed by atoms with Gasteiger partial charge in [-0.3, -0.25) is 4.79 Å². The van der Waals surface area contributed by atoms with Gasteiger partial charge < -0.3 is 16.0 Å². The lowest BCUT2D eigenvalue weighted by Crippen LogP contribution is -2.40. The molecular formula is C16H24FN3O. The third-order valence-electron chi connectivity index (χ3n) is 4.18. The van der Waals surface area contributed by atoms with Crippen LogP contribution in [0.4, 0.5) is 10.1 Å². The van der Waals surface area contributed by atoms with E-state index in [1.807, 2.05) is 0 Å². The number of amides is 1. The SMILES string of the molecule is CC(N)C1CCN(CCC(=O)Nc2ccccc2F)CC1. The molecule has 1 aromatic carbocycles. The van der Waals surface area contributed by atoms with Crippen LogP contribution >= 0.6 is 0 Å². The molecule has 0 radical (unpaired) electrons. The van der Waals surface area contributed by atoms with Gasteiger partial charge >= 0.3 is 0 Å². The van der Waals surface area contributed by atoms with E-state index in [-0.39, 0.29) is 17.6 Å². The van der Waals surface area contributed by atoms with Gasteiger partial charge in [-0.25, -0.2) is 4.39 Å². The summed E-state index contributed by atoms with van der Waals surface area (Å²) in [5.74, 6) is 0.0477. The molecule has 1 aromatic rings.